The van der Waals surface area contributed by atoms with E-state index in [0.29, 0.717) is 12.1 Å². The highest BCUT2D eigenvalue weighted by molar-refractivity contribution is 7.89. The molecule has 3 N–H and O–H groups in total. The van der Waals surface area contributed by atoms with Crippen LogP contribution in [-0.4, -0.2) is 39.4 Å². The van der Waals surface area contributed by atoms with E-state index in [2.05, 4.69) is 15.4 Å². The van der Waals surface area contributed by atoms with Crippen LogP contribution in [-0.2, 0) is 14.8 Å². The molecule has 0 bridgehead atoms. The zero-order chi connectivity index (χ0) is 16.9. The smallest absolute Gasteiger partial charge is 0.251 e. The van der Waals surface area contributed by atoms with Crippen LogP contribution in [0.1, 0.15) is 36.5 Å². The molecule has 1 aliphatic rings. The normalized spacial score (nSPS) is 14.3. The Balaban J connectivity index is 1.90. The Morgan fingerprint density at radius 3 is 2.35 bits per heavy atom. The van der Waals surface area contributed by atoms with Crippen molar-refractivity contribution in [3.05, 3.63) is 29.8 Å². The van der Waals surface area contributed by atoms with Crippen molar-refractivity contribution in [2.24, 2.45) is 0 Å². The van der Waals surface area contributed by atoms with Crippen LogP contribution in [0, 0.1) is 0 Å². The Bertz CT molecular complexity index is 666. The Morgan fingerprint density at radius 1 is 1.13 bits per heavy atom. The summed E-state index contributed by atoms with van der Waals surface area (Å²) in [6, 6.07) is 5.67. The maximum atomic E-state index is 12.0. The molecule has 1 aromatic rings. The Labute approximate surface area is 135 Å². The molecule has 0 saturated heterocycles. The van der Waals surface area contributed by atoms with E-state index < -0.39 is 15.9 Å². The summed E-state index contributed by atoms with van der Waals surface area (Å²) in [5.41, 5.74) is 0.304. The number of hydrogen-bond acceptors (Lipinski definition) is 4. The van der Waals surface area contributed by atoms with Gasteiger partial charge in [0.1, 0.15) is 0 Å². The lowest BCUT2D eigenvalue weighted by Crippen LogP contribution is -2.37. The van der Waals surface area contributed by atoms with Crippen molar-refractivity contribution in [3.63, 3.8) is 0 Å². The van der Waals surface area contributed by atoms with E-state index in [-0.39, 0.29) is 23.4 Å². The van der Waals surface area contributed by atoms with E-state index in [1.54, 1.807) is 0 Å². The molecule has 0 heterocycles. The highest BCUT2D eigenvalue weighted by Crippen LogP contribution is 2.22. The Kier molecular flexibility index (Phi) is 5.73. The second kappa shape index (κ2) is 7.56. The maximum Gasteiger partial charge on any atom is 0.251 e. The van der Waals surface area contributed by atoms with E-state index in [0.717, 1.165) is 19.3 Å². The minimum absolute atomic E-state index is 0.0320. The van der Waals surface area contributed by atoms with Gasteiger partial charge in [0.05, 0.1) is 11.4 Å². The van der Waals surface area contributed by atoms with Gasteiger partial charge in [0.15, 0.2) is 0 Å². The Morgan fingerprint density at radius 2 is 1.78 bits per heavy atom. The highest BCUT2D eigenvalue weighted by Gasteiger charge is 2.27. The Hall–Kier alpha value is -1.93. The average molecular weight is 339 g/mol. The molecule has 1 aliphatic carbocycles. The molecule has 0 aromatic heterocycles. The van der Waals surface area contributed by atoms with Gasteiger partial charge >= 0.3 is 0 Å². The molecule has 2 rings (SSSR count). The van der Waals surface area contributed by atoms with Gasteiger partial charge in [-0.25, -0.2) is 13.1 Å². The van der Waals surface area contributed by atoms with Crippen LogP contribution in [0.25, 0.3) is 0 Å². The van der Waals surface area contributed by atoms with Crippen LogP contribution in [0.2, 0.25) is 0 Å². The first-order valence-electron chi connectivity index (χ1n) is 7.59. The number of rotatable bonds is 8. The van der Waals surface area contributed by atoms with Crippen LogP contribution in [0.3, 0.4) is 0 Å². The van der Waals surface area contributed by atoms with Crippen molar-refractivity contribution in [2.45, 2.75) is 37.1 Å². The van der Waals surface area contributed by atoms with E-state index in [1.165, 1.54) is 24.3 Å². The lowest BCUT2D eigenvalue weighted by molar-refractivity contribution is -0.120. The van der Waals surface area contributed by atoms with Gasteiger partial charge in [-0.05, 0) is 43.5 Å². The van der Waals surface area contributed by atoms with Crippen molar-refractivity contribution in [1.29, 1.82) is 0 Å². The summed E-state index contributed by atoms with van der Waals surface area (Å²) < 4.78 is 26.6. The van der Waals surface area contributed by atoms with Crippen molar-refractivity contribution < 1.29 is 18.0 Å². The number of carbonyl (C=O) groups is 2. The lowest BCUT2D eigenvalue weighted by Gasteiger charge is -2.08. The molecular weight excluding hydrogens is 318 g/mol. The van der Waals surface area contributed by atoms with E-state index >= 15 is 0 Å². The van der Waals surface area contributed by atoms with Gasteiger partial charge in [-0.2, -0.15) is 0 Å². The quantitative estimate of drug-likeness (QED) is 0.637. The number of nitrogens with one attached hydrogen (secondary N) is 3. The molecule has 2 amide bonds. The monoisotopic (exact) mass is 339 g/mol. The first-order chi connectivity index (χ1) is 10.9. The maximum absolute atomic E-state index is 12.0. The second-order valence-electron chi connectivity index (χ2n) is 5.45. The van der Waals surface area contributed by atoms with Crippen LogP contribution in [0.4, 0.5) is 0 Å². The van der Waals surface area contributed by atoms with Crippen molar-refractivity contribution in [3.8, 4) is 0 Å². The molecule has 126 valence electrons. The van der Waals surface area contributed by atoms with E-state index in [1.807, 2.05) is 6.92 Å². The highest BCUT2D eigenvalue weighted by atomic mass is 32.2. The summed E-state index contributed by atoms with van der Waals surface area (Å²) in [5.74, 6) is -0.677. The van der Waals surface area contributed by atoms with Crippen molar-refractivity contribution >= 4 is 21.8 Å². The molecule has 0 unspecified atom stereocenters. The van der Waals surface area contributed by atoms with Gasteiger partial charge in [0, 0.05) is 18.2 Å². The third kappa shape index (κ3) is 5.33. The fourth-order valence-corrected chi connectivity index (χ4v) is 3.17. The van der Waals surface area contributed by atoms with Gasteiger partial charge < -0.3 is 10.6 Å². The summed E-state index contributed by atoms with van der Waals surface area (Å²) >= 11 is 0. The molecule has 0 aliphatic heterocycles. The molecule has 23 heavy (non-hydrogen) atoms. The molecule has 1 fully saturated rings. The van der Waals surface area contributed by atoms with E-state index in [4.69, 9.17) is 0 Å². The first-order valence-corrected chi connectivity index (χ1v) is 9.08. The summed E-state index contributed by atoms with van der Waals surface area (Å²) in [6.45, 7) is 2.39. The number of carbonyl (C=O) groups excluding carboxylic acids is 2. The lowest BCUT2D eigenvalue weighted by atomic mass is 10.2. The predicted molar refractivity (Wildman–Crippen MR) is 85.4 cm³/mol. The van der Waals surface area contributed by atoms with Gasteiger partial charge in [-0.15, -0.1) is 0 Å². The van der Waals surface area contributed by atoms with Crippen LogP contribution in [0.15, 0.2) is 29.2 Å². The molecule has 7 nitrogen and oxygen atoms in total. The fraction of sp³-hybridized carbons (Fsp3) is 0.467. The number of sulfonamides is 1. The fourth-order valence-electron chi connectivity index (χ4n) is 1.86. The SMILES string of the molecule is CCCNC(=O)CNC(=O)c1ccc(S(=O)(=O)NC2CC2)cc1. The van der Waals surface area contributed by atoms with Gasteiger partial charge in [0.25, 0.3) is 5.91 Å². The third-order valence-corrected chi connectivity index (χ3v) is 4.84. The summed E-state index contributed by atoms with van der Waals surface area (Å²) in [6.07, 6.45) is 2.55. The molecule has 8 heteroatoms. The molecule has 0 atom stereocenters. The molecule has 1 saturated carbocycles. The summed E-state index contributed by atoms with van der Waals surface area (Å²) in [7, 11) is -3.52. The van der Waals surface area contributed by atoms with Crippen molar-refractivity contribution in [1.82, 2.24) is 15.4 Å². The number of amides is 2. The molecule has 0 spiro atoms. The summed E-state index contributed by atoms with van der Waals surface area (Å²) in [5, 5.41) is 5.14. The number of hydrogen-bond donors (Lipinski definition) is 3. The van der Waals surface area contributed by atoms with Crippen LogP contribution >= 0.6 is 0 Å². The molecule has 0 radical (unpaired) electrons. The van der Waals surface area contributed by atoms with Crippen LogP contribution in [0.5, 0.6) is 0 Å². The zero-order valence-corrected chi connectivity index (χ0v) is 13.8. The van der Waals surface area contributed by atoms with Crippen LogP contribution < -0.4 is 15.4 Å². The second-order valence-corrected chi connectivity index (χ2v) is 7.17. The molecular formula is C15H21N3O4S. The van der Waals surface area contributed by atoms with E-state index in [9.17, 15) is 18.0 Å². The average Bonchev–Trinajstić information content (AvgIpc) is 3.34. The minimum atomic E-state index is -3.52. The predicted octanol–water partition coefficient (Wildman–Crippen LogP) is 0.383. The number of benzene rings is 1. The zero-order valence-electron chi connectivity index (χ0n) is 13.0. The molecule has 1 aromatic carbocycles. The standard InChI is InChI=1S/C15H21N3O4S/c1-2-9-16-14(19)10-17-15(20)11-3-7-13(8-4-11)23(21,22)18-12-5-6-12/h3-4,7-8,12,18H,2,5-6,9-10H2,1H3,(H,16,19)(H,17,20). The topological polar surface area (TPSA) is 104 Å². The first kappa shape index (κ1) is 17.4. The van der Waals surface area contributed by atoms with Gasteiger partial charge in [-0.1, -0.05) is 6.92 Å². The van der Waals surface area contributed by atoms with Gasteiger partial charge in [-0.3, -0.25) is 9.59 Å². The largest absolute Gasteiger partial charge is 0.355 e. The third-order valence-electron chi connectivity index (χ3n) is 3.31. The van der Waals surface area contributed by atoms with Crippen molar-refractivity contribution in [2.75, 3.05) is 13.1 Å². The van der Waals surface area contributed by atoms with Gasteiger partial charge in [0.2, 0.25) is 15.9 Å². The summed E-state index contributed by atoms with van der Waals surface area (Å²) in [4.78, 5) is 23.5. The minimum Gasteiger partial charge on any atom is -0.355 e.